The van der Waals surface area contributed by atoms with E-state index < -0.39 is 15.8 Å². The number of rotatable bonds is 6. The highest BCUT2D eigenvalue weighted by Gasteiger charge is 2.21. The number of nitrogens with one attached hydrogen (secondary N) is 2. The number of sulfonamides is 1. The quantitative estimate of drug-likeness (QED) is 0.420. The van der Waals surface area contributed by atoms with Crippen molar-refractivity contribution in [2.75, 3.05) is 20.3 Å². The minimum Gasteiger partial charge on any atom is -0.493 e. The summed E-state index contributed by atoms with van der Waals surface area (Å²) in [5.41, 5.74) is 0.955. The van der Waals surface area contributed by atoms with Gasteiger partial charge in [0.05, 0.1) is 24.1 Å². The molecule has 10 heteroatoms. The lowest BCUT2D eigenvalue weighted by Crippen LogP contribution is -2.26. The Morgan fingerprint density at radius 3 is 2.63 bits per heavy atom. The Morgan fingerprint density at radius 2 is 1.97 bits per heavy atom. The molecule has 2 aromatic heterocycles. The van der Waals surface area contributed by atoms with Crippen LogP contribution >= 0.6 is 11.3 Å². The molecule has 0 saturated carbocycles. The van der Waals surface area contributed by atoms with Crippen molar-refractivity contribution >= 4 is 42.3 Å². The number of fused-ring (bicyclic) bond motifs is 3. The van der Waals surface area contributed by atoms with E-state index >= 15 is 0 Å². The minimum absolute atomic E-state index is 0.00365. The first-order chi connectivity index (χ1) is 14.4. The molecule has 0 aliphatic carbocycles. The van der Waals surface area contributed by atoms with Gasteiger partial charge in [-0.3, -0.25) is 4.79 Å². The molecule has 0 aliphatic rings. The second-order valence-electron chi connectivity index (χ2n) is 6.45. The summed E-state index contributed by atoms with van der Waals surface area (Å²) in [6.45, 7) is -0.422. The predicted molar refractivity (Wildman–Crippen MR) is 114 cm³/mol. The van der Waals surface area contributed by atoms with Gasteiger partial charge in [0.1, 0.15) is 4.70 Å². The van der Waals surface area contributed by atoms with Crippen LogP contribution < -0.4 is 15.0 Å². The molecule has 0 atom stereocenters. The Balaban J connectivity index is 1.98. The third kappa shape index (κ3) is 3.37. The van der Waals surface area contributed by atoms with Crippen molar-refractivity contribution in [3.8, 4) is 16.9 Å². The third-order valence-electron chi connectivity index (χ3n) is 4.68. The van der Waals surface area contributed by atoms with Crippen LogP contribution in [0.3, 0.4) is 0 Å². The zero-order chi connectivity index (χ0) is 21.5. The first kappa shape index (κ1) is 20.5. The maximum atomic E-state index is 14.8. The molecule has 2 aromatic carbocycles. The van der Waals surface area contributed by atoms with Crippen molar-refractivity contribution < 1.29 is 22.7 Å². The molecule has 156 valence electrons. The standard InChI is InChI=1S/C20H17FN2O5S2/c1-28-18-14(21)10-15-17(13-6-9-29-19(13)20(25)23-15)16(18)11-2-4-12(5-3-11)30(26,27)22-7-8-24/h2-6,9-10,22,24H,7-8H2,1H3,(H,23,25). The Bertz CT molecular complexity index is 1410. The highest BCUT2D eigenvalue weighted by molar-refractivity contribution is 7.89. The van der Waals surface area contributed by atoms with Gasteiger partial charge >= 0.3 is 0 Å². The van der Waals surface area contributed by atoms with E-state index in [9.17, 15) is 17.6 Å². The number of halogens is 1. The van der Waals surface area contributed by atoms with Crippen LogP contribution in [-0.2, 0) is 10.0 Å². The van der Waals surface area contributed by atoms with E-state index in [0.717, 1.165) is 0 Å². The number of pyridine rings is 1. The molecule has 3 N–H and O–H groups in total. The van der Waals surface area contributed by atoms with Crippen LogP contribution in [0.1, 0.15) is 0 Å². The highest BCUT2D eigenvalue weighted by Crippen LogP contribution is 2.42. The number of aliphatic hydroxyl groups excluding tert-OH is 1. The van der Waals surface area contributed by atoms with Gasteiger partial charge in [-0.2, -0.15) is 0 Å². The number of aromatic amines is 1. The molecule has 7 nitrogen and oxygen atoms in total. The molecule has 4 aromatic rings. The number of hydrogen-bond acceptors (Lipinski definition) is 6. The average molecular weight is 448 g/mol. The van der Waals surface area contributed by atoms with Crippen molar-refractivity contribution in [2.45, 2.75) is 4.90 Å². The molecule has 0 saturated heterocycles. The molecule has 0 amide bonds. The maximum Gasteiger partial charge on any atom is 0.266 e. The van der Waals surface area contributed by atoms with Crippen LogP contribution in [0.2, 0.25) is 0 Å². The number of methoxy groups -OCH3 is 1. The average Bonchev–Trinajstić information content (AvgIpc) is 3.22. The molecular formula is C20H17FN2O5S2. The van der Waals surface area contributed by atoms with E-state index in [0.29, 0.717) is 32.1 Å². The van der Waals surface area contributed by atoms with Gasteiger partial charge in [0.25, 0.3) is 5.56 Å². The number of H-pyrrole nitrogens is 1. The van der Waals surface area contributed by atoms with Crippen molar-refractivity contribution in [2.24, 2.45) is 0 Å². The largest absolute Gasteiger partial charge is 0.493 e. The molecule has 0 fully saturated rings. The molecule has 2 heterocycles. The first-order valence-electron chi connectivity index (χ1n) is 8.88. The summed E-state index contributed by atoms with van der Waals surface area (Å²) in [6, 6.07) is 8.88. The number of thiophene rings is 1. The van der Waals surface area contributed by atoms with E-state index in [1.807, 2.05) is 0 Å². The van der Waals surface area contributed by atoms with E-state index in [-0.39, 0.29) is 29.4 Å². The third-order valence-corrected chi connectivity index (χ3v) is 7.07. The smallest absolute Gasteiger partial charge is 0.266 e. The summed E-state index contributed by atoms with van der Waals surface area (Å²) in [6.07, 6.45) is 0. The number of aromatic nitrogens is 1. The number of hydrogen-bond donors (Lipinski definition) is 3. The number of aliphatic hydroxyl groups is 1. The van der Waals surface area contributed by atoms with Gasteiger partial charge in [0, 0.05) is 28.9 Å². The van der Waals surface area contributed by atoms with Crippen molar-refractivity contribution in [3.05, 3.63) is 57.9 Å². The van der Waals surface area contributed by atoms with Crippen LogP contribution in [0.25, 0.3) is 32.1 Å². The molecule has 0 spiro atoms. The number of ether oxygens (including phenoxy) is 1. The molecule has 0 radical (unpaired) electrons. The predicted octanol–water partition coefficient (Wildman–Crippen LogP) is 2.83. The zero-order valence-electron chi connectivity index (χ0n) is 15.7. The minimum atomic E-state index is -3.78. The van der Waals surface area contributed by atoms with Gasteiger partial charge in [-0.25, -0.2) is 17.5 Å². The summed E-state index contributed by atoms with van der Waals surface area (Å²) in [5, 5.41) is 11.9. The second-order valence-corrected chi connectivity index (χ2v) is 9.14. The van der Waals surface area contributed by atoms with Crippen LogP contribution in [0.4, 0.5) is 4.39 Å². The summed E-state index contributed by atoms with van der Waals surface area (Å²) in [7, 11) is -2.43. The molecule has 0 aliphatic heterocycles. The fourth-order valence-electron chi connectivity index (χ4n) is 3.41. The summed E-state index contributed by atoms with van der Waals surface area (Å²) < 4.78 is 47.4. The Kier molecular flexibility index (Phi) is 5.33. The van der Waals surface area contributed by atoms with E-state index in [4.69, 9.17) is 9.84 Å². The SMILES string of the molecule is COc1c(F)cc2[nH]c(=O)c3sccc3c2c1-c1ccc(S(=O)(=O)NCCO)cc1. The fraction of sp³-hybridized carbons (Fsp3) is 0.150. The van der Waals surface area contributed by atoms with Crippen LogP contribution in [0.15, 0.2) is 51.5 Å². The Hall–Kier alpha value is -2.79. The molecule has 0 bridgehead atoms. The van der Waals surface area contributed by atoms with Crippen molar-refractivity contribution in [1.29, 1.82) is 0 Å². The summed E-state index contributed by atoms with van der Waals surface area (Å²) in [4.78, 5) is 15.0. The van der Waals surface area contributed by atoms with Crippen molar-refractivity contribution in [3.63, 3.8) is 0 Å². The van der Waals surface area contributed by atoms with Crippen molar-refractivity contribution in [1.82, 2.24) is 9.71 Å². The second kappa shape index (κ2) is 7.80. The zero-order valence-corrected chi connectivity index (χ0v) is 17.4. The summed E-state index contributed by atoms with van der Waals surface area (Å²) in [5.74, 6) is -0.650. The Labute approximate surface area is 174 Å². The van der Waals surface area contributed by atoms with E-state index in [1.54, 1.807) is 23.6 Å². The van der Waals surface area contributed by atoms with E-state index in [2.05, 4.69) is 9.71 Å². The van der Waals surface area contributed by atoms with Crippen LogP contribution in [0, 0.1) is 5.82 Å². The van der Waals surface area contributed by atoms with Gasteiger partial charge in [0.15, 0.2) is 11.6 Å². The monoisotopic (exact) mass is 448 g/mol. The van der Waals surface area contributed by atoms with E-state index in [1.165, 1.54) is 36.6 Å². The molecule has 30 heavy (non-hydrogen) atoms. The molecule has 0 unspecified atom stereocenters. The van der Waals surface area contributed by atoms with Gasteiger partial charge in [-0.15, -0.1) is 11.3 Å². The maximum absolute atomic E-state index is 14.8. The number of benzene rings is 2. The highest BCUT2D eigenvalue weighted by atomic mass is 32.2. The first-order valence-corrected chi connectivity index (χ1v) is 11.2. The normalized spacial score (nSPS) is 12.0. The van der Waals surface area contributed by atoms with Crippen LogP contribution in [0.5, 0.6) is 5.75 Å². The topological polar surface area (TPSA) is 108 Å². The lowest BCUT2D eigenvalue weighted by molar-refractivity contribution is 0.301. The lowest BCUT2D eigenvalue weighted by Gasteiger charge is -2.15. The molecular weight excluding hydrogens is 431 g/mol. The van der Waals surface area contributed by atoms with Gasteiger partial charge in [0.2, 0.25) is 10.0 Å². The van der Waals surface area contributed by atoms with Crippen LogP contribution in [-0.4, -0.2) is 38.8 Å². The summed E-state index contributed by atoms with van der Waals surface area (Å²) >= 11 is 1.28. The van der Waals surface area contributed by atoms with Gasteiger partial charge in [-0.05, 0) is 29.1 Å². The lowest BCUT2D eigenvalue weighted by atomic mass is 9.97. The van der Waals surface area contributed by atoms with Gasteiger partial charge in [-0.1, -0.05) is 12.1 Å². The molecule has 4 rings (SSSR count). The van der Waals surface area contributed by atoms with Gasteiger partial charge < -0.3 is 14.8 Å². The fourth-order valence-corrected chi connectivity index (χ4v) is 5.23. The Morgan fingerprint density at radius 1 is 1.23 bits per heavy atom.